The molecule has 0 bridgehead atoms. The fourth-order valence-electron chi connectivity index (χ4n) is 2.16. The molecule has 1 aliphatic rings. The van der Waals surface area contributed by atoms with Gasteiger partial charge in [0.1, 0.15) is 0 Å². The Balaban J connectivity index is 2.17. The third-order valence-corrected chi connectivity index (χ3v) is 3.67. The van der Waals surface area contributed by atoms with Crippen LogP contribution in [0.3, 0.4) is 0 Å². The van der Waals surface area contributed by atoms with Crippen LogP contribution in [0.4, 0.5) is 13.2 Å². The summed E-state index contributed by atoms with van der Waals surface area (Å²) in [5.74, 6) is 0.327. The summed E-state index contributed by atoms with van der Waals surface area (Å²) in [7, 11) is 0. The third kappa shape index (κ3) is 2.19. The Bertz CT molecular complexity index is 631. The van der Waals surface area contributed by atoms with Gasteiger partial charge in [0.05, 0.1) is 22.5 Å². The zero-order chi connectivity index (χ0) is 13.8. The molecule has 0 spiro atoms. The van der Waals surface area contributed by atoms with Gasteiger partial charge in [0.2, 0.25) is 0 Å². The largest absolute Gasteiger partial charge is 0.417 e. The smallest absolute Gasteiger partial charge is 0.322 e. The van der Waals surface area contributed by atoms with Crippen LogP contribution in [0, 0.1) is 5.92 Å². The van der Waals surface area contributed by atoms with Crippen molar-refractivity contribution in [2.75, 3.05) is 0 Å². The van der Waals surface area contributed by atoms with Crippen LogP contribution in [0.2, 0.25) is 5.02 Å². The normalized spacial score (nSPS) is 17.9. The average molecular weight is 290 g/mol. The van der Waals surface area contributed by atoms with E-state index in [4.69, 9.17) is 17.3 Å². The maximum Gasteiger partial charge on any atom is 0.417 e. The maximum atomic E-state index is 12.8. The van der Waals surface area contributed by atoms with E-state index < -0.39 is 11.7 Å². The number of hydrogen-bond donors (Lipinski definition) is 1. The molecule has 1 saturated carbocycles. The van der Waals surface area contributed by atoms with Crippen LogP contribution in [0.1, 0.15) is 30.1 Å². The molecular formula is C12H11ClF3N3. The number of fused-ring (bicyclic) bond motifs is 1. The molecule has 19 heavy (non-hydrogen) atoms. The van der Waals surface area contributed by atoms with Gasteiger partial charge in [-0.3, -0.25) is 0 Å². The Morgan fingerprint density at radius 3 is 2.68 bits per heavy atom. The van der Waals surface area contributed by atoms with Crippen LogP contribution in [0.15, 0.2) is 18.5 Å². The van der Waals surface area contributed by atoms with Gasteiger partial charge in [0.25, 0.3) is 0 Å². The molecule has 0 aromatic carbocycles. The highest BCUT2D eigenvalue weighted by atomic mass is 35.5. The van der Waals surface area contributed by atoms with Crippen molar-refractivity contribution < 1.29 is 13.2 Å². The standard InChI is InChI=1S/C12H11ClF3N3/c13-8-3-7(12(14,15)16)5-19-9(4-18-11(8)19)10(17)6-1-2-6/h3-6,10H,1-2,17H2. The first-order valence-electron chi connectivity index (χ1n) is 5.87. The van der Waals surface area contributed by atoms with E-state index in [-0.39, 0.29) is 11.1 Å². The van der Waals surface area contributed by atoms with Gasteiger partial charge in [-0.2, -0.15) is 13.2 Å². The first kappa shape index (κ1) is 12.7. The second-order valence-electron chi connectivity index (χ2n) is 4.81. The van der Waals surface area contributed by atoms with E-state index in [0.717, 1.165) is 25.1 Å². The number of aromatic nitrogens is 2. The summed E-state index contributed by atoms with van der Waals surface area (Å²) in [6, 6.07) is 0.589. The van der Waals surface area contributed by atoms with Crippen molar-refractivity contribution in [1.29, 1.82) is 0 Å². The Morgan fingerprint density at radius 1 is 1.42 bits per heavy atom. The van der Waals surface area contributed by atoms with E-state index in [1.807, 2.05) is 0 Å². The summed E-state index contributed by atoms with van der Waals surface area (Å²) in [5.41, 5.74) is 6.12. The Morgan fingerprint density at radius 2 is 2.11 bits per heavy atom. The topological polar surface area (TPSA) is 43.3 Å². The van der Waals surface area contributed by atoms with Gasteiger partial charge in [-0.05, 0) is 24.8 Å². The molecule has 0 aliphatic heterocycles. The molecule has 2 N–H and O–H groups in total. The number of nitrogens with two attached hydrogens (primary N) is 1. The predicted octanol–water partition coefficient (Wildman–Crippen LogP) is 3.42. The highest BCUT2D eigenvalue weighted by Gasteiger charge is 2.34. The van der Waals surface area contributed by atoms with Crippen LogP contribution in [0.25, 0.3) is 5.65 Å². The lowest BCUT2D eigenvalue weighted by Gasteiger charge is -2.13. The number of hydrogen-bond acceptors (Lipinski definition) is 2. The summed E-state index contributed by atoms with van der Waals surface area (Å²) in [5, 5.41) is -0.0240. The van der Waals surface area contributed by atoms with Gasteiger partial charge >= 0.3 is 6.18 Å². The minimum atomic E-state index is -4.44. The first-order valence-corrected chi connectivity index (χ1v) is 6.25. The molecule has 7 heteroatoms. The SMILES string of the molecule is NC(c1cnc2c(Cl)cc(C(F)(F)F)cn12)C1CC1. The molecule has 3 nitrogen and oxygen atoms in total. The number of halogens is 4. The lowest BCUT2D eigenvalue weighted by atomic mass is 10.1. The third-order valence-electron chi connectivity index (χ3n) is 3.39. The quantitative estimate of drug-likeness (QED) is 0.920. The van der Waals surface area contributed by atoms with Crippen molar-refractivity contribution >= 4 is 17.2 Å². The summed E-state index contributed by atoms with van der Waals surface area (Å²) in [4.78, 5) is 4.06. The van der Waals surface area contributed by atoms with E-state index in [2.05, 4.69) is 4.98 Å². The molecule has 0 radical (unpaired) electrons. The lowest BCUT2D eigenvalue weighted by Crippen LogP contribution is -2.15. The van der Waals surface area contributed by atoms with Gasteiger partial charge < -0.3 is 10.1 Å². The van der Waals surface area contributed by atoms with E-state index in [0.29, 0.717) is 17.3 Å². The van der Waals surface area contributed by atoms with Crippen LogP contribution in [-0.4, -0.2) is 9.38 Å². The van der Waals surface area contributed by atoms with Crippen molar-refractivity contribution in [3.63, 3.8) is 0 Å². The van der Waals surface area contributed by atoms with Crippen molar-refractivity contribution in [3.8, 4) is 0 Å². The summed E-state index contributed by atoms with van der Waals surface area (Å²) in [6.45, 7) is 0. The molecule has 2 aromatic rings. The highest BCUT2D eigenvalue weighted by Crippen LogP contribution is 2.40. The average Bonchev–Trinajstić information content (AvgIpc) is 3.07. The van der Waals surface area contributed by atoms with Crippen LogP contribution in [0.5, 0.6) is 0 Å². The van der Waals surface area contributed by atoms with Gasteiger partial charge in [0.15, 0.2) is 5.65 Å². The molecule has 1 unspecified atom stereocenters. The van der Waals surface area contributed by atoms with Gasteiger partial charge in [-0.1, -0.05) is 11.6 Å². The van der Waals surface area contributed by atoms with Crippen molar-refractivity contribution in [2.45, 2.75) is 25.1 Å². The number of nitrogens with zero attached hydrogens (tertiary/aromatic N) is 2. The summed E-state index contributed by atoms with van der Waals surface area (Å²) >= 11 is 5.86. The van der Waals surface area contributed by atoms with E-state index in [1.54, 1.807) is 0 Å². The number of imidazole rings is 1. The highest BCUT2D eigenvalue weighted by molar-refractivity contribution is 6.33. The molecule has 1 aliphatic carbocycles. The fraction of sp³-hybridized carbons (Fsp3) is 0.417. The molecular weight excluding hydrogens is 279 g/mol. The van der Waals surface area contributed by atoms with E-state index >= 15 is 0 Å². The molecule has 102 valence electrons. The van der Waals surface area contributed by atoms with Crippen LogP contribution >= 0.6 is 11.6 Å². The molecule has 0 saturated heterocycles. The molecule has 3 rings (SSSR count). The van der Waals surface area contributed by atoms with Crippen LogP contribution < -0.4 is 5.73 Å². The zero-order valence-electron chi connectivity index (χ0n) is 9.78. The lowest BCUT2D eigenvalue weighted by molar-refractivity contribution is -0.137. The molecule has 0 amide bonds. The van der Waals surface area contributed by atoms with Crippen molar-refractivity contribution in [3.05, 3.63) is 34.7 Å². The predicted molar refractivity (Wildman–Crippen MR) is 64.9 cm³/mol. The van der Waals surface area contributed by atoms with Gasteiger partial charge in [0, 0.05) is 12.2 Å². The van der Waals surface area contributed by atoms with E-state index in [9.17, 15) is 13.2 Å². The molecule has 1 fully saturated rings. The zero-order valence-corrected chi connectivity index (χ0v) is 10.5. The van der Waals surface area contributed by atoms with Gasteiger partial charge in [-0.25, -0.2) is 4.98 Å². The van der Waals surface area contributed by atoms with Crippen LogP contribution in [-0.2, 0) is 6.18 Å². The minimum Gasteiger partial charge on any atom is -0.322 e. The van der Waals surface area contributed by atoms with E-state index in [1.165, 1.54) is 10.6 Å². The molecule has 2 aromatic heterocycles. The molecule has 1 atom stereocenters. The second-order valence-corrected chi connectivity index (χ2v) is 5.22. The van der Waals surface area contributed by atoms with Gasteiger partial charge in [-0.15, -0.1) is 0 Å². The Hall–Kier alpha value is -1.27. The number of pyridine rings is 1. The minimum absolute atomic E-state index is 0.0240. The fourth-order valence-corrected chi connectivity index (χ4v) is 2.42. The van der Waals surface area contributed by atoms with Crippen molar-refractivity contribution in [1.82, 2.24) is 9.38 Å². The summed E-state index contributed by atoms with van der Waals surface area (Å²) in [6.07, 6.45) is 0.0708. The maximum absolute atomic E-state index is 12.8. The Labute approximate surface area is 112 Å². The summed E-state index contributed by atoms with van der Waals surface area (Å²) < 4.78 is 39.7. The van der Waals surface area contributed by atoms with Crippen molar-refractivity contribution in [2.24, 2.45) is 11.7 Å². The Kier molecular flexibility index (Phi) is 2.76. The second kappa shape index (κ2) is 4.11. The number of rotatable bonds is 2. The first-order chi connectivity index (χ1) is 8.88. The monoisotopic (exact) mass is 289 g/mol. The number of alkyl halides is 3. The molecule has 2 heterocycles.